The van der Waals surface area contributed by atoms with Gasteiger partial charge in [0.15, 0.2) is 6.29 Å². The summed E-state index contributed by atoms with van der Waals surface area (Å²) < 4.78 is 5.21. The molecule has 2 atom stereocenters. The maximum Gasteiger partial charge on any atom is 0.217 e. The Bertz CT molecular complexity index is 400. The lowest BCUT2D eigenvalue weighted by atomic mass is 9.90. The first-order valence-electron chi connectivity index (χ1n) is 5.40. The van der Waals surface area contributed by atoms with Crippen LogP contribution in [-0.4, -0.2) is 18.5 Å². The van der Waals surface area contributed by atoms with Crippen molar-refractivity contribution in [2.75, 3.05) is 7.11 Å². The van der Waals surface area contributed by atoms with E-state index >= 15 is 0 Å². The molecule has 0 aromatic heterocycles. The lowest BCUT2D eigenvalue weighted by Crippen LogP contribution is -2.27. The van der Waals surface area contributed by atoms with Gasteiger partial charge in [-0.05, 0) is 18.4 Å². The van der Waals surface area contributed by atoms with Crippen LogP contribution in [0.3, 0.4) is 0 Å². The van der Waals surface area contributed by atoms with Crippen molar-refractivity contribution in [3.05, 3.63) is 35.4 Å². The fourth-order valence-corrected chi connectivity index (χ4v) is 2.35. The van der Waals surface area contributed by atoms with Crippen LogP contribution in [0.15, 0.2) is 24.3 Å². The summed E-state index contributed by atoms with van der Waals surface area (Å²) in [7, 11) is 1.56. The Kier molecular flexibility index (Phi) is 2.26. The van der Waals surface area contributed by atoms with E-state index in [4.69, 9.17) is 14.5 Å². The zero-order valence-electron chi connectivity index (χ0n) is 9.05. The topological polar surface area (TPSA) is 47.9 Å². The van der Waals surface area contributed by atoms with Gasteiger partial charge in [-0.2, -0.15) is 4.89 Å². The summed E-state index contributed by atoms with van der Waals surface area (Å²) in [6.07, 6.45) is 0.371. The van der Waals surface area contributed by atoms with Crippen molar-refractivity contribution in [2.45, 2.75) is 30.8 Å². The third-order valence-corrected chi connectivity index (χ3v) is 3.46. The van der Waals surface area contributed by atoms with Gasteiger partial charge in [-0.1, -0.05) is 24.3 Å². The zero-order valence-corrected chi connectivity index (χ0v) is 9.05. The lowest BCUT2D eigenvalue weighted by molar-refractivity contribution is -0.431. The van der Waals surface area contributed by atoms with Crippen LogP contribution in [0.1, 0.15) is 30.3 Å². The first kappa shape index (κ1) is 10.2. The number of rotatable bonds is 1. The largest absolute Gasteiger partial charge is 0.365 e. The van der Waals surface area contributed by atoms with E-state index in [0.717, 1.165) is 24.0 Å². The Morgan fingerprint density at radius 3 is 2.75 bits per heavy atom. The van der Waals surface area contributed by atoms with Gasteiger partial charge >= 0.3 is 0 Å². The molecule has 3 rings (SSSR count). The first-order valence-corrected chi connectivity index (χ1v) is 5.40. The van der Waals surface area contributed by atoms with Gasteiger partial charge in [-0.25, -0.2) is 4.89 Å². The predicted octanol–water partition coefficient (Wildman–Crippen LogP) is 1.64. The smallest absolute Gasteiger partial charge is 0.217 e. The normalized spacial score (nSPS) is 30.9. The van der Waals surface area contributed by atoms with Crippen LogP contribution in [0.4, 0.5) is 0 Å². The van der Waals surface area contributed by atoms with Crippen LogP contribution in [0.2, 0.25) is 0 Å². The van der Waals surface area contributed by atoms with Gasteiger partial charge < -0.3 is 9.84 Å². The highest BCUT2D eigenvalue weighted by Gasteiger charge is 2.55. The van der Waals surface area contributed by atoms with E-state index in [9.17, 15) is 5.11 Å². The molecule has 1 saturated carbocycles. The van der Waals surface area contributed by atoms with E-state index in [0.29, 0.717) is 0 Å². The van der Waals surface area contributed by atoms with Crippen molar-refractivity contribution in [2.24, 2.45) is 0 Å². The minimum atomic E-state index is -0.909. The van der Waals surface area contributed by atoms with Gasteiger partial charge in [0.05, 0.1) is 0 Å². The molecule has 0 bridgehead atoms. The van der Waals surface area contributed by atoms with Crippen LogP contribution in [0.5, 0.6) is 0 Å². The lowest BCUT2D eigenvalue weighted by Gasteiger charge is -2.18. The van der Waals surface area contributed by atoms with E-state index < -0.39 is 12.6 Å². The Labute approximate surface area is 93.7 Å². The van der Waals surface area contributed by atoms with Crippen LogP contribution in [-0.2, 0) is 19.9 Å². The average Bonchev–Trinajstić information content (AvgIpc) is 3.12. The highest BCUT2D eigenvalue weighted by molar-refractivity contribution is 5.40. The molecule has 4 heteroatoms. The zero-order chi connectivity index (χ0) is 11.2. The second-order valence-corrected chi connectivity index (χ2v) is 4.36. The fourth-order valence-electron chi connectivity index (χ4n) is 2.35. The Balaban J connectivity index is 2.12. The van der Waals surface area contributed by atoms with Gasteiger partial charge in [0, 0.05) is 18.1 Å². The van der Waals surface area contributed by atoms with Crippen molar-refractivity contribution in [3.8, 4) is 0 Å². The van der Waals surface area contributed by atoms with Crippen LogP contribution >= 0.6 is 0 Å². The molecule has 1 aromatic carbocycles. The molecule has 0 saturated heterocycles. The molecule has 0 amide bonds. The number of hydrogen-bond donors (Lipinski definition) is 1. The summed E-state index contributed by atoms with van der Waals surface area (Å²) in [5.41, 5.74) is 1.73. The number of benzene rings is 1. The van der Waals surface area contributed by atoms with Crippen molar-refractivity contribution in [1.29, 1.82) is 0 Å². The van der Waals surface area contributed by atoms with Crippen molar-refractivity contribution in [1.82, 2.24) is 0 Å². The molecular weight excluding hydrogens is 208 g/mol. The van der Waals surface area contributed by atoms with Crippen LogP contribution < -0.4 is 0 Å². The molecule has 1 fully saturated rings. The molecule has 1 heterocycles. The number of aliphatic hydroxyl groups excluding tert-OH is 1. The third kappa shape index (κ3) is 1.31. The van der Waals surface area contributed by atoms with E-state index in [1.165, 1.54) is 0 Å². The van der Waals surface area contributed by atoms with E-state index in [1.54, 1.807) is 7.11 Å². The van der Waals surface area contributed by atoms with Gasteiger partial charge in [-0.3, -0.25) is 0 Å². The van der Waals surface area contributed by atoms with E-state index in [-0.39, 0.29) is 5.41 Å². The van der Waals surface area contributed by atoms with Gasteiger partial charge in [-0.15, -0.1) is 0 Å². The summed E-state index contributed by atoms with van der Waals surface area (Å²) in [6, 6.07) is 7.85. The minimum Gasteiger partial charge on any atom is -0.365 e. The summed E-state index contributed by atoms with van der Waals surface area (Å²) >= 11 is 0. The minimum absolute atomic E-state index is 0.288. The van der Waals surface area contributed by atoms with Crippen molar-refractivity contribution in [3.63, 3.8) is 0 Å². The number of methoxy groups -OCH3 is 1. The summed E-state index contributed by atoms with van der Waals surface area (Å²) in [5, 5.41) is 9.94. The summed E-state index contributed by atoms with van der Waals surface area (Å²) in [4.78, 5) is 10.1. The van der Waals surface area contributed by atoms with Crippen molar-refractivity contribution >= 4 is 0 Å². The molecule has 0 radical (unpaired) electrons. The fraction of sp³-hybridized carbons (Fsp3) is 0.500. The third-order valence-electron chi connectivity index (χ3n) is 3.46. The molecule has 1 spiro atoms. The molecule has 86 valence electrons. The quantitative estimate of drug-likeness (QED) is 0.734. The highest BCUT2D eigenvalue weighted by atomic mass is 17.2. The van der Waals surface area contributed by atoms with Gasteiger partial charge in [0.2, 0.25) is 6.29 Å². The number of fused-ring (bicyclic) bond motifs is 2. The van der Waals surface area contributed by atoms with Crippen LogP contribution in [0.25, 0.3) is 0 Å². The number of ether oxygens (including phenoxy) is 1. The van der Waals surface area contributed by atoms with E-state index in [1.807, 2.05) is 24.3 Å². The second kappa shape index (κ2) is 3.53. The maximum absolute atomic E-state index is 9.94. The van der Waals surface area contributed by atoms with E-state index in [2.05, 4.69) is 0 Å². The molecule has 2 aliphatic rings. The standard InChI is InChI=1S/C12H14O4/c1-14-10-8-4-2-3-5-9(8)12(6-7-12)11(13)16-15-10/h2-5,10-11,13H,6-7H2,1H3. The molecule has 1 N–H and O–H groups in total. The molecule has 2 unspecified atom stereocenters. The number of hydrogen-bond acceptors (Lipinski definition) is 4. The van der Waals surface area contributed by atoms with Crippen LogP contribution in [0, 0.1) is 0 Å². The Hall–Kier alpha value is -0.940. The van der Waals surface area contributed by atoms with Crippen molar-refractivity contribution < 1.29 is 19.6 Å². The Morgan fingerprint density at radius 2 is 2.06 bits per heavy atom. The number of aliphatic hydroxyl groups is 1. The summed E-state index contributed by atoms with van der Waals surface area (Å²) in [5.74, 6) is 0. The molecule has 4 nitrogen and oxygen atoms in total. The Morgan fingerprint density at radius 1 is 1.31 bits per heavy atom. The highest BCUT2D eigenvalue weighted by Crippen LogP contribution is 2.54. The molecule has 1 aromatic rings. The molecular formula is C12H14O4. The molecule has 16 heavy (non-hydrogen) atoms. The average molecular weight is 222 g/mol. The first-order chi connectivity index (χ1) is 7.78. The summed E-state index contributed by atoms with van der Waals surface area (Å²) in [6.45, 7) is 0. The molecule has 1 aliphatic carbocycles. The predicted molar refractivity (Wildman–Crippen MR) is 55.3 cm³/mol. The monoisotopic (exact) mass is 222 g/mol. The second-order valence-electron chi connectivity index (χ2n) is 4.36. The van der Waals surface area contributed by atoms with Gasteiger partial charge in [0.1, 0.15) is 0 Å². The maximum atomic E-state index is 9.94. The molecule has 1 aliphatic heterocycles. The van der Waals surface area contributed by atoms with Gasteiger partial charge in [0.25, 0.3) is 0 Å². The SMILES string of the molecule is COC1OOC(O)C2(CC2)c2ccccc21.